The molecule has 0 saturated heterocycles. The van der Waals surface area contributed by atoms with Crippen LogP contribution in [-0.2, 0) is 16.6 Å². The van der Waals surface area contributed by atoms with Gasteiger partial charge in [-0.1, -0.05) is 6.92 Å². The standard InChI is InChI=1S/C10H19N3O2S2/c1-3-4-11-5-9(2)17(14,15)13-7-10-6-12-8-16-10/h6,8-9,11,13H,3-5,7H2,1-2H3. The Kier molecular flexibility index (Phi) is 6.04. The Labute approximate surface area is 107 Å². The molecular formula is C10H19N3O2S2. The third-order valence-corrected chi connectivity index (χ3v) is 4.87. The molecule has 0 bridgehead atoms. The quantitative estimate of drug-likeness (QED) is 0.694. The van der Waals surface area contributed by atoms with Gasteiger partial charge >= 0.3 is 0 Å². The Morgan fingerprint density at radius 1 is 1.53 bits per heavy atom. The van der Waals surface area contributed by atoms with Gasteiger partial charge in [0.1, 0.15) is 0 Å². The van der Waals surface area contributed by atoms with Gasteiger partial charge in [0, 0.05) is 24.2 Å². The van der Waals surface area contributed by atoms with E-state index in [1.54, 1.807) is 18.6 Å². The highest BCUT2D eigenvalue weighted by molar-refractivity contribution is 7.90. The Hall–Kier alpha value is -0.500. The van der Waals surface area contributed by atoms with E-state index in [-0.39, 0.29) is 0 Å². The molecule has 0 aromatic carbocycles. The third-order valence-electron chi connectivity index (χ3n) is 2.32. The summed E-state index contributed by atoms with van der Waals surface area (Å²) in [6.07, 6.45) is 2.67. The molecular weight excluding hydrogens is 258 g/mol. The number of rotatable bonds is 8. The maximum absolute atomic E-state index is 11.9. The van der Waals surface area contributed by atoms with Crippen molar-refractivity contribution >= 4 is 21.4 Å². The molecule has 0 saturated carbocycles. The molecule has 7 heteroatoms. The van der Waals surface area contributed by atoms with Crippen LogP contribution in [0.15, 0.2) is 11.7 Å². The first-order chi connectivity index (χ1) is 8.06. The zero-order valence-corrected chi connectivity index (χ0v) is 11.8. The fourth-order valence-electron chi connectivity index (χ4n) is 1.24. The van der Waals surface area contributed by atoms with Crippen molar-refractivity contribution in [3.8, 4) is 0 Å². The molecule has 0 fully saturated rings. The molecule has 1 aromatic rings. The highest BCUT2D eigenvalue weighted by Crippen LogP contribution is 2.06. The first-order valence-corrected chi connectivity index (χ1v) is 8.05. The van der Waals surface area contributed by atoms with Crippen LogP contribution in [0.2, 0.25) is 0 Å². The summed E-state index contributed by atoms with van der Waals surface area (Å²) in [4.78, 5) is 4.82. The van der Waals surface area contributed by atoms with Crippen molar-refractivity contribution in [1.29, 1.82) is 0 Å². The molecule has 98 valence electrons. The lowest BCUT2D eigenvalue weighted by Crippen LogP contribution is -2.38. The van der Waals surface area contributed by atoms with E-state index in [1.165, 1.54) is 11.3 Å². The lowest BCUT2D eigenvalue weighted by Gasteiger charge is -2.13. The van der Waals surface area contributed by atoms with Gasteiger partial charge in [0.2, 0.25) is 10.0 Å². The van der Waals surface area contributed by atoms with Crippen molar-refractivity contribution in [3.05, 3.63) is 16.6 Å². The molecule has 0 aliphatic heterocycles. The molecule has 0 spiro atoms. The summed E-state index contributed by atoms with van der Waals surface area (Å²) in [5.41, 5.74) is 1.69. The highest BCUT2D eigenvalue weighted by Gasteiger charge is 2.19. The van der Waals surface area contributed by atoms with Crippen molar-refractivity contribution < 1.29 is 8.42 Å². The number of nitrogens with zero attached hydrogens (tertiary/aromatic N) is 1. The minimum absolute atomic E-state index is 0.325. The van der Waals surface area contributed by atoms with Gasteiger partial charge in [-0.3, -0.25) is 4.98 Å². The maximum atomic E-state index is 11.9. The number of nitrogens with one attached hydrogen (secondary N) is 2. The van der Waals surface area contributed by atoms with E-state index in [0.29, 0.717) is 13.1 Å². The molecule has 17 heavy (non-hydrogen) atoms. The monoisotopic (exact) mass is 277 g/mol. The normalized spacial score (nSPS) is 13.8. The SMILES string of the molecule is CCCNCC(C)S(=O)(=O)NCc1cncs1. The van der Waals surface area contributed by atoms with Crippen molar-refractivity contribution in [3.63, 3.8) is 0 Å². The van der Waals surface area contributed by atoms with E-state index < -0.39 is 15.3 Å². The van der Waals surface area contributed by atoms with E-state index in [9.17, 15) is 8.42 Å². The van der Waals surface area contributed by atoms with Crippen LogP contribution in [0.25, 0.3) is 0 Å². The van der Waals surface area contributed by atoms with Crippen LogP contribution >= 0.6 is 11.3 Å². The van der Waals surface area contributed by atoms with Crippen molar-refractivity contribution in [1.82, 2.24) is 15.0 Å². The Balaban J connectivity index is 2.39. The van der Waals surface area contributed by atoms with Crippen molar-refractivity contribution in [2.75, 3.05) is 13.1 Å². The van der Waals surface area contributed by atoms with Crippen LogP contribution in [-0.4, -0.2) is 31.7 Å². The average Bonchev–Trinajstić information content (AvgIpc) is 2.79. The van der Waals surface area contributed by atoms with Gasteiger partial charge in [0.05, 0.1) is 10.8 Å². The molecule has 2 N–H and O–H groups in total. The van der Waals surface area contributed by atoms with Gasteiger partial charge in [0.15, 0.2) is 0 Å². The zero-order valence-electron chi connectivity index (χ0n) is 10.1. The lowest BCUT2D eigenvalue weighted by atomic mass is 10.4. The molecule has 0 amide bonds. The summed E-state index contributed by atoms with van der Waals surface area (Å²) >= 11 is 1.44. The van der Waals surface area contributed by atoms with Crippen LogP contribution in [0.3, 0.4) is 0 Å². The molecule has 5 nitrogen and oxygen atoms in total. The Morgan fingerprint density at radius 3 is 2.88 bits per heavy atom. The zero-order chi connectivity index (χ0) is 12.7. The minimum Gasteiger partial charge on any atom is -0.315 e. The lowest BCUT2D eigenvalue weighted by molar-refractivity contribution is 0.557. The topological polar surface area (TPSA) is 71.1 Å². The maximum Gasteiger partial charge on any atom is 0.215 e. The number of aromatic nitrogens is 1. The predicted molar refractivity (Wildman–Crippen MR) is 70.5 cm³/mol. The van der Waals surface area contributed by atoms with E-state index in [2.05, 4.69) is 15.0 Å². The highest BCUT2D eigenvalue weighted by atomic mass is 32.2. The summed E-state index contributed by atoms with van der Waals surface area (Å²) in [6.45, 7) is 5.40. The van der Waals surface area contributed by atoms with Gasteiger partial charge in [-0.25, -0.2) is 13.1 Å². The molecule has 1 unspecified atom stereocenters. The summed E-state index contributed by atoms with van der Waals surface area (Å²) in [5.74, 6) is 0. The predicted octanol–water partition coefficient (Wildman–Crippen LogP) is 0.951. The molecule has 1 atom stereocenters. The van der Waals surface area contributed by atoms with Crippen LogP contribution in [0.4, 0.5) is 0 Å². The van der Waals surface area contributed by atoms with Crippen LogP contribution in [0.1, 0.15) is 25.1 Å². The summed E-state index contributed by atoms with van der Waals surface area (Å²) in [5, 5.41) is 2.68. The van der Waals surface area contributed by atoms with Crippen LogP contribution < -0.4 is 10.0 Å². The van der Waals surface area contributed by atoms with Gasteiger partial charge in [-0.05, 0) is 19.9 Å². The summed E-state index contributed by atoms with van der Waals surface area (Å²) in [6, 6.07) is 0. The van der Waals surface area contributed by atoms with E-state index in [4.69, 9.17) is 0 Å². The van der Waals surface area contributed by atoms with Crippen molar-refractivity contribution in [2.24, 2.45) is 0 Å². The second-order valence-corrected chi connectivity index (χ2v) is 7.00. The molecule has 0 aliphatic carbocycles. The minimum atomic E-state index is -3.25. The van der Waals surface area contributed by atoms with Gasteiger partial charge in [0.25, 0.3) is 0 Å². The molecule has 0 radical (unpaired) electrons. The van der Waals surface area contributed by atoms with Gasteiger partial charge in [-0.2, -0.15) is 0 Å². The second kappa shape index (κ2) is 7.05. The van der Waals surface area contributed by atoms with Crippen LogP contribution in [0.5, 0.6) is 0 Å². The van der Waals surface area contributed by atoms with E-state index in [1.807, 2.05) is 6.92 Å². The van der Waals surface area contributed by atoms with Crippen molar-refractivity contribution in [2.45, 2.75) is 32.1 Å². The molecule has 1 aromatic heterocycles. The fraction of sp³-hybridized carbons (Fsp3) is 0.700. The van der Waals surface area contributed by atoms with Gasteiger partial charge in [-0.15, -0.1) is 11.3 Å². The smallest absolute Gasteiger partial charge is 0.215 e. The average molecular weight is 277 g/mol. The Bertz CT molecular complexity index is 403. The van der Waals surface area contributed by atoms with Gasteiger partial charge < -0.3 is 5.32 Å². The van der Waals surface area contributed by atoms with Crippen LogP contribution in [0, 0.1) is 0 Å². The largest absolute Gasteiger partial charge is 0.315 e. The second-order valence-electron chi connectivity index (χ2n) is 3.85. The molecule has 0 aliphatic rings. The first-order valence-electron chi connectivity index (χ1n) is 5.62. The number of thiazole rings is 1. The number of sulfonamides is 1. The first kappa shape index (κ1) is 14.6. The number of hydrogen-bond donors (Lipinski definition) is 2. The summed E-state index contributed by atoms with van der Waals surface area (Å²) < 4.78 is 26.3. The fourth-order valence-corrected chi connectivity index (χ4v) is 2.84. The Morgan fingerprint density at radius 2 is 2.29 bits per heavy atom. The van der Waals surface area contributed by atoms with E-state index >= 15 is 0 Å². The van der Waals surface area contributed by atoms with E-state index in [0.717, 1.165) is 17.8 Å². The number of hydrogen-bond acceptors (Lipinski definition) is 5. The molecule has 1 rings (SSSR count). The molecule has 1 heterocycles. The summed E-state index contributed by atoms with van der Waals surface area (Å²) in [7, 11) is -3.25. The third kappa shape index (κ3) is 5.12.